The highest BCUT2D eigenvalue weighted by molar-refractivity contribution is 5.51. The first-order valence-electron chi connectivity index (χ1n) is 7.65. The molecular weight excluding hydrogens is 293 g/mol. The summed E-state index contributed by atoms with van der Waals surface area (Å²) in [7, 11) is 0. The van der Waals surface area contributed by atoms with Gasteiger partial charge in [-0.1, -0.05) is 0 Å². The SMILES string of the molecule is Cc1cc(NC2CCN(c3ccc(C#N)c(F)c3)CC2)ncn1. The largest absolute Gasteiger partial charge is 0.371 e. The average Bonchev–Trinajstić information content (AvgIpc) is 2.55. The summed E-state index contributed by atoms with van der Waals surface area (Å²) in [5.41, 5.74) is 1.86. The molecule has 1 fully saturated rings. The monoisotopic (exact) mass is 311 g/mol. The first kappa shape index (κ1) is 15.2. The molecule has 1 aromatic carbocycles. The lowest BCUT2D eigenvalue weighted by atomic mass is 10.0. The smallest absolute Gasteiger partial charge is 0.143 e. The van der Waals surface area contributed by atoms with E-state index < -0.39 is 5.82 Å². The number of nitrogens with zero attached hydrogens (tertiary/aromatic N) is 4. The Morgan fingerprint density at radius 1 is 1.26 bits per heavy atom. The summed E-state index contributed by atoms with van der Waals surface area (Å²) < 4.78 is 13.7. The topological polar surface area (TPSA) is 64.8 Å². The molecule has 1 saturated heterocycles. The maximum atomic E-state index is 13.7. The summed E-state index contributed by atoms with van der Waals surface area (Å²) >= 11 is 0. The zero-order valence-corrected chi connectivity index (χ0v) is 13.0. The standard InChI is InChI=1S/C17H18FN5/c1-12-8-17(21-11-20-12)22-14-4-6-23(7-5-14)15-3-2-13(10-19)16(18)9-15/h2-3,8-9,11,14H,4-7H2,1H3,(H,20,21,22). The van der Waals surface area contributed by atoms with Gasteiger partial charge in [0.25, 0.3) is 0 Å². The summed E-state index contributed by atoms with van der Waals surface area (Å²) in [6.45, 7) is 3.62. The Kier molecular flexibility index (Phi) is 4.38. The van der Waals surface area contributed by atoms with E-state index in [1.54, 1.807) is 12.4 Å². The third-order valence-electron chi connectivity index (χ3n) is 4.09. The Morgan fingerprint density at radius 3 is 2.70 bits per heavy atom. The van der Waals surface area contributed by atoms with Crippen molar-refractivity contribution < 1.29 is 4.39 Å². The van der Waals surface area contributed by atoms with Crippen molar-refractivity contribution in [2.45, 2.75) is 25.8 Å². The number of aromatic nitrogens is 2. The van der Waals surface area contributed by atoms with Crippen molar-refractivity contribution in [1.29, 1.82) is 5.26 Å². The van der Waals surface area contributed by atoms with Crippen LogP contribution in [0.3, 0.4) is 0 Å². The number of aryl methyl sites for hydroxylation is 1. The summed E-state index contributed by atoms with van der Waals surface area (Å²) in [6.07, 6.45) is 3.46. The number of halogens is 1. The highest BCUT2D eigenvalue weighted by Gasteiger charge is 2.20. The molecule has 1 aliphatic rings. The van der Waals surface area contributed by atoms with Gasteiger partial charge in [0.1, 0.15) is 24.0 Å². The van der Waals surface area contributed by atoms with Gasteiger partial charge < -0.3 is 10.2 Å². The maximum Gasteiger partial charge on any atom is 0.143 e. The molecule has 0 aliphatic carbocycles. The minimum atomic E-state index is -0.457. The molecule has 0 spiro atoms. The minimum absolute atomic E-state index is 0.0874. The van der Waals surface area contributed by atoms with Gasteiger partial charge in [0, 0.05) is 36.6 Å². The summed E-state index contributed by atoms with van der Waals surface area (Å²) in [5, 5.41) is 12.2. The fourth-order valence-electron chi connectivity index (χ4n) is 2.82. The fraction of sp³-hybridized carbons (Fsp3) is 0.353. The van der Waals surface area contributed by atoms with Crippen LogP contribution in [-0.4, -0.2) is 29.1 Å². The highest BCUT2D eigenvalue weighted by Crippen LogP contribution is 2.23. The number of piperidine rings is 1. The van der Waals surface area contributed by atoms with Gasteiger partial charge in [0.2, 0.25) is 0 Å². The van der Waals surface area contributed by atoms with E-state index in [1.807, 2.05) is 25.1 Å². The molecule has 2 aromatic rings. The molecule has 1 N–H and O–H groups in total. The molecule has 6 heteroatoms. The van der Waals surface area contributed by atoms with Crippen LogP contribution in [0, 0.1) is 24.1 Å². The number of hydrogen-bond donors (Lipinski definition) is 1. The lowest BCUT2D eigenvalue weighted by Gasteiger charge is -2.34. The van der Waals surface area contributed by atoms with Crippen LogP contribution in [0.15, 0.2) is 30.6 Å². The van der Waals surface area contributed by atoms with Gasteiger partial charge in [-0.15, -0.1) is 0 Å². The van der Waals surface area contributed by atoms with Crippen LogP contribution in [0.25, 0.3) is 0 Å². The van der Waals surface area contributed by atoms with Gasteiger partial charge in [-0.2, -0.15) is 5.26 Å². The maximum absolute atomic E-state index is 13.7. The number of nitrogens with one attached hydrogen (secondary N) is 1. The van der Waals surface area contributed by atoms with Crippen LogP contribution in [-0.2, 0) is 0 Å². The summed E-state index contributed by atoms with van der Waals surface area (Å²) in [4.78, 5) is 10.5. The first-order chi connectivity index (χ1) is 11.2. The fourth-order valence-corrected chi connectivity index (χ4v) is 2.82. The number of benzene rings is 1. The predicted octanol–water partition coefficient (Wildman–Crippen LogP) is 2.88. The van der Waals surface area contributed by atoms with Gasteiger partial charge >= 0.3 is 0 Å². The van der Waals surface area contributed by atoms with Crippen molar-refractivity contribution >= 4 is 11.5 Å². The molecule has 5 nitrogen and oxygen atoms in total. The molecule has 0 radical (unpaired) electrons. The molecule has 2 heterocycles. The normalized spacial score (nSPS) is 15.3. The number of nitriles is 1. The first-order valence-corrected chi connectivity index (χ1v) is 7.65. The van der Waals surface area contributed by atoms with Gasteiger partial charge in [-0.25, -0.2) is 14.4 Å². The Balaban J connectivity index is 1.60. The second-order valence-corrected chi connectivity index (χ2v) is 5.73. The van der Waals surface area contributed by atoms with Crippen LogP contribution in [0.4, 0.5) is 15.9 Å². The Hall–Kier alpha value is -2.68. The minimum Gasteiger partial charge on any atom is -0.371 e. The quantitative estimate of drug-likeness (QED) is 0.944. The molecule has 1 aromatic heterocycles. The molecule has 118 valence electrons. The van der Waals surface area contributed by atoms with Crippen LogP contribution >= 0.6 is 0 Å². The molecule has 0 saturated carbocycles. The third-order valence-corrected chi connectivity index (χ3v) is 4.09. The van der Waals surface area contributed by atoms with Crippen LogP contribution in [0.2, 0.25) is 0 Å². The molecule has 0 atom stereocenters. The van der Waals surface area contributed by atoms with Crippen molar-refractivity contribution in [3.63, 3.8) is 0 Å². The molecular formula is C17H18FN5. The van der Waals surface area contributed by atoms with Crippen LogP contribution in [0.5, 0.6) is 0 Å². The Labute approximate surface area is 134 Å². The van der Waals surface area contributed by atoms with Crippen molar-refractivity contribution in [3.05, 3.63) is 47.7 Å². The zero-order chi connectivity index (χ0) is 16.2. The molecule has 1 aliphatic heterocycles. The van der Waals surface area contributed by atoms with E-state index in [-0.39, 0.29) is 5.56 Å². The van der Waals surface area contributed by atoms with Gasteiger partial charge in [0.05, 0.1) is 5.56 Å². The zero-order valence-electron chi connectivity index (χ0n) is 13.0. The second-order valence-electron chi connectivity index (χ2n) is 5.73. The Bertz CT molecular complexity index is 732. The molecule has 0 unspecified atom stereocenters. The lowest BCUT2D eigenvalue weighted by Crippen LogP contribution is -2.39. The molecule has 0 bridgehead atoms. The van der Waals surface area contributed by atoms with Gasteiger partial charge in [-0.3, -0.25) is 0 Å². The summed E-state index contributed by atoms with van der Waals surface area (Å²) in [5.74, 6) is 0.391. The summed E-state index contributed by atoms with van der Waals surface area (Å²) in [6, 6.07) is 8.93. The highest BCUT2D eigenvalue weighted by atomic mass is 19.1. The Morgan fingerprint density at radius 2 is 2.04 bits per heavy atom. The van der Waals surface area contributed by atoms with E-state index in [0.717, 1.165) is 43.1 Å². The third kappa shape index (κ3) is 3.57. The van der Waals surface area contributed by atoms with E-state index in [9.17, 15) is 4.39 Å². The van der Waals surface area contributed by atoms with Crippen LogP contribution < -0.4 is 10.2 Å². The van der Waals surface area contributed by atoms with Gasteiger partial charge in [0.15, 0.2) is 0 Å². The van der Waals surface area contributed by atoms with E-state index in [1.165, 1.54) is 6.07 Å². The van der Waals surface area contributed by atoms with E-state index in [4.69, 9.17) is 5.26 Å². The van der Waals surface area contributed by atoms with E-state index in [2.05, 4.69) is 20.2 Å². The van der Waals surface area contributed by atoms with Crippen molar-refractivity contribution in [2.24, 2.45) is 0 Å². The van der Waals surface area contributed by atoms with Gasteiger partial charge in [-0.05, 0) is 38.0 Å². The van der Waals surface area contributed by atoms with E-state index >= 15 is 0 Å². The lowest BCUT2D eigenvalue weighted by molar-refractivity contribution is 0.524. The van der Waals surface area contributed by atoms with Crippen molar-refractivity contribution in [2.75, 3.05) is 23.3 Å². The number of rotatable bonds is 3. The second kappa shape index (κ2) is 6.61. The number of hydrogen-bond acceptors (Lipinski definition) is 5. The van der Waals surface area contributed by atoms with Crippen LogP contribution in [0.1, 0.15) is 24.1 Å². The number of anilines is 2. The average molecular weight is 311 g/mol. The van der Waals surface area contributed by atoms with Crippen molar-refractivity contribution in [1.82, 2.24) is 9.97 Å². The van der Waals surface area contributed by atoms with E-state index in [0.29, 0.717) is 6.04 Å². The molecule has 3 rings (SSSR count). The van der Waals surface area contributed by atoms with Crippen molar-refractivity contribution in [3.8, 4) is 6.07 Å². The molecule has 0 amide bonds. The molecule has 23 heavy (non-hydrogen) atoms. The predicted molar refractivity (Wildman–Crippen MR) is 86.7 cm³/mol.